The summed E-state index contributed by atoms with van der Waals surface area (Å²) in [6.45, 7) is 5.22. The molecule has 5 heteroatoms. The molecule has 1 aliphatic heterocycles. The van der Waals surface area contributed by atoms with Gasteiger partial charge in [-0.25, -0.2) is 0 Å². The number of anilines is 1. The van der Waals surface area contributed by atoms with Gasteiger partial charge < -0.3 is 20.1 Å². The number of carbonyl (C=O) groups is 1. The van der Waals surface area contributed by atoms with Gasteiger partial charge in [0.1, 0.15) is 13.2 Å². The fourth-order valence-electron chi connectivity index (χ4n) is 2.51. The van der Waals surface area contributed by atoms with Crippen molar-refractivity contribution in [2.75, 3.05) is 25.6 Å². The van der Waals surface area contributed by atoms with E-state index in [1.54, 1.807) is 0 Å². The lowest BCUT2D eigenvalue weighted by Gasteiger charge is -2.21. The van der Waals surface area contributed by atoms with Crippen LogP contribution in [0.3, 0.4) is 0 Å². The summed E-state index contributed by atoms with van der Waals surface area (Å²) in [7, 11) is 1.94. The van der Waals surface area contributed by atoms with E-state index in [4.69, 9.17) is 9.47 Å². The van der Waals surface area contributed by atoms with Gasteiger partial charge in [-0.05, 0) is 25.0 Å². The molecule has 3 N–H and O–H groups in total. The van der Waals surface area contributed by atoms with Crippen LogP contribution < -0.4 is 20.1 Å². The van der Waals surface area contributed by atoms with E-state index in [2.05, 4.69) is 12.2 Å². The van der Waals surface area contributed by atoms with Crippen LogP contribution in [0.1, 0.15) is 31.7 Å². The number of aryl methyl sites for hydroxylation is 1. The van der Waals surface area contributed by atoms with E-state index in [9.17, 15) is 4.79 Å². The number of nitrogens with two attached hydrogens (primary N) is 1. The van der Waals surface area contributed by atoms with Crippen LogP contribution >= 0.6 is 0 Å². The van der Waals surface area contributed by atoms with Crippen LogP contribution in [0, 0.1) is 6.92 Å². The number of ether oxygens (including phenoxy) is 2. The molecule has 0 radical (unpaired) electrons. The number of carbonyl (C=O) groups excluding carboxylic acids is 1. The van der Waals surface area contributed by atoms with Gasteiger partial charge in [0, 0.05) is 18.2 Å². The third-order valence-electron chi connectivity index (χ3n) is 3.70. The molecule has 0 aliphatic carbocycles. The third-order valence-corrected chi connectivity index (χ3v) is 3.70. The van der Waals surface area contributed by atoms with Gasteiger partial charge in [-0.3, -0.25) is 4.79 Å². The van der Waals surface area contributed by atoms with Crippen LogP contribution in [-0.2, 0) is 4.79 Å². The van der Waals surface area contributed by atoms with Crippen molar-refractivity contribution >= 4 is 11.6 Å². The average molecular weight is 293 g/mol. The Bertz CT molecular complexity index is 503. The van der Waals surface area contributed by atoms with E-state index in [1.807, 2.05) is 31.4 Å². The number of hydrogen-bond donors (Lipinski definition) is 2. The fourth-order valence-corrected chi connectivity index (χ4v) is 2.51. The monoisotopic (exact) mass is 293 g/mol. The van der Waals surface area contributed by atoms with Gasteiger partial charge in [0.25, 0.3) is 5.91 Å². The topological polar surface area (TPSA) is 64.2 Å². The molecule has 0 saturated carbocycles. The summed E-state index contributed by atoms with van der Waals surface area (Å²) in [5.74, 6) is 1.54. The SMILES string of the molecule is CCCCC([NH2+]C)C(=O)Nc1cc(C)c2c(c1)OCCO2. The van der Waals surface area contributed by atoms with Crippen molar-refractivity contribution in [1.29, 1.82) is 0 Å². The van der Waals surface area contributed by atoms with E-state index >= 15 is 0 Å². The van der Waals surface area contributed by atoms with Gasteiger partial charge in [-0.15, -0.1) is 0 Å². The van der Waals surface area contributed by atoms with Crippen LogP contribution in [-0.4, -0.2) is 32.2 Å². The number of rotatable bonds is 6. The Morgan fingerprint density at radius 2 is 2.14 bits per heavy atom. The molecular formula is C16H25N2O3+. The molecule has 1 atom stereocenters. The highest BCUT2D eigenvalue weighted by Crippen LogP contribution is 2.36. The quantitative estimate of drug-likeness (QED) is 0.834. The molecule has 1 aromatic rings. The van der Waals surface area contributed by atoms with Gasteiger partial charge in [0.15, 0.2) is 17.5 Å². The van der Waals surface area contributed by atoms with Crippen molar-refractivity contribution in [3.8, 4) is 11.5 Å². The maximum absolute atomic E-state index is 12.3. The minimum Gasteiger partial charge on any atom is -0.486 e. The average Bonchev–Trinajstić information content (AvgIpc) is 2.48. The molecule has 116 valence electrons. The third kappa shape index (κ3) is 3.88. The molecule has 2 rings (SSSR count). The Morgan fingerprint density at radius 1 is 1.38 bits per heavy atom. The first kappa shape index (κ1) is 15.6. The van der Waals surface area contributed by atoms with Crippen molar-refractivity contribution in [2.45, 2.75) is 39.2 Å². The van der Waals surface area contributed by atoms with Crippen LogP contribution in [0.4, 0.5) is 5.69 Å². The summed E-state index contributed by atoms with van der Waals surface area (Å²) in [5.41, 5.74) is 1.75. The van der Waals surface area contributed by atoms with Crippen LogP contribution in [0.15, 0.2) is 12.1 Å². The number of quaternary nitrogens is 1. The standard InChI is InChI=1S/C16H24N2O3/c1-4-5-6-13(17-3)16(19)18-12-9-11(2)15-14(10-12)20-7-8-21-15/h9-10,13,17H,4-8H2,1-3H3,(H,18,19)/p+1. The Balaban J connectivity index is 2.08. The van der Waals surface area contributed by atoms with Gasteiger partial charge in [-0.2, -0.15) is 0 Å². The van der Waals surface area contributed by atoms with Gasteiger partial charge >= 0.3 is 0 Å². The van der Waals surface area contributed by atoms with Crippen molar-refractivity contribution in [1.82, 2.24) is 0 Å². The van der Waals surface area contributed by atoms with E-state index in [0.29, 0.717) is 19.0 Å². The molecule has 1 unspecified atom stereocenters. The second kappa shape index (κ2) is 7.31. The molecule has 0 bridgehead atoms. The number of nitrogens with one attached hydrogen (secondary N) is 1. The van der Waals surface area contributed by atoms with Crippen LogP contribution in [0.2, 0.25) is 0 Å². The summed E-state index contributed by atoms with van der Waals surface area (Å²) in [5, 5.41) is 4.96. The molecule has 0 spiro atoms. The zero-order valence-electron chi connectivity index (χ0n) is 13.1. The smallest absolute Gasteiger partial charge is 0.282 e. The number of hydrogen-bond acceptors (Lipinski definition) is 3. The second-order valence-corrected chi connectivity index (χ2v) is 5.39. The Hall–Kier alpha value is -1.75. The summed E-state index contributed by atoms with van der Waals surface area (Å²) < 4.78 is 11.2. The summed E-state index contributed by atoms with van der Waals surface area (Å²) in [6, 6.07) is 3.72. The molecular weight excluding hydrogens is 268 g/mol. The minimum atomic E-state index is -0.0431. The minimum absolute atomic E-state index is 0.0431. The largest absolute Gasteiger partial charge is 0.486 e. The summed E-state index contributed by atoms with van der Waals surface area (Å²) >= 11 is 0. The maximum atomic E-state index is 12.3. The molecule has 1 heterocycles. The lowest BCUT2D eigenvalue weighted by Crippen LogP contribution is -2.88. The van der Waals surface area contributed by atoms with Gasteiger partial charge in [0.2, 0.25) is 0 Å². The maximum Gasteiger partial charge on any atom is 0.282 e. The van der Waals surface area contributed by atoms with Crippen LogP contribution in [0.5, 0.6) is 11.5 Å². The molecule has 0 saturated heterocycles. The Kier molecular flexibility index (Phi) is 5.44. The lowest BCUT2D eigenvalue weighted by atomic mass is 10.1. The van der Waals surface area contributed by atoms with E-state index in [-0.39, 0.29) is 11.9 Å². The Morgan fingerprint density at radius 3 is 2.86 bits per heavy atom. The normalized spacial score (nSPS) is 14.6. The summed E-state index contributed by atoms with van der Waals surface area (Å²) in [4.78, 5) is 12.3. The zero-order chi connectivity index (χ0) is 15.2. The molecule has 0 aromatic heterocycles. The predicted octanol–water partition coefficient (Wildman–Crippen LogP) is 1.46. The van der Waals surface area contributed by atoms with E-state index < -0.39 is 0 Å². The van der Waals surface area contributed by atoms with E-state index in [1.165, 1.54) is 0 Å². The van der Waals surface area contributed by atoms with Gasteiger partial charge in [0.05, 0.1) is 7.05 Å². The number of benzene rings is 1. The molecule has 21 heavy (non-hydrogen) atoms. The molecule has 5 nitrogen and oxygen atoms in total. The molecule has 1 aromatic carbocycles. The van der Waals surface area contributed by atoms with Crippen molar-refractivity contribution in [3.63, 3.8) is 0 Å². The fraction of sp³-hybridized carbons (Fsp3) is 0.562. The van der Waals surface area contributed by atoms with E-state index in [0.717, 1.165) is 36.3 Å². The first-order valence-electron chi connectivity index (χ1n) is 7.66. The first-order chi connectivity index (χ1) is 10.2. The summed E-state index contributed by atoms with van der Waals surface area (Å²) in [6.07, 6.45) is 3.05. The zero-order valence-corrected chi connectivity index (χ0v) is 13.1. The number of unbranched alkanes of at least 4 members (excludes halogenated alkanes) is 1. The molecule has 0 fully saturated rings. The number of fused-ring (bicyclic) bond motifs is 1. The lowest BCUT2D eigenvalue weighted by molar-refractivity contribution is -0.650. The molecule has 1 aliphatic rings. The van der Waals surface area contributed by atoms with Crippen molar-refractivity contribution in [2.24, 2.45) is 0 Å². The van der Waals surface area contributed by atoms with Crippen molar-refractivity contribution < 1.29 is 19.6 Å². The second-order valence-electron chi connectivity index (χ2n) is 5.39. The molecule has 1 amide bonds. The number of likely N-dealkylation sites (N-methyl/N-ethyl adjacent to an activating group) is 1. The van der Waals surface area contributed by atoms with Crippen molar-refractivity contribution in [3.05, 3.63) is 17.7 Å². The highest BCUT2D eigenvalue weighted by Gasteiger charge is 2.21. The Labute approximate surface area is 126 Å². The van der Waals surface area contributed by atoms with Crippen LogP contribution in [0.25, 0.3) is 0 Å². The number of amides is 1. The van der Waals surface area contributed by atoms with Gasteiger partial charge in [-0.1, -0.05) is 13.3 Å². The highest BCUT2D eigenvalue weighted by atomic mass is 16.6. The predicted molar refractivity (Wildman–Crippen MR) is 82.0 cm³/mol. The highest BCUT2D eigenvalue weighted by molar-refractivity contribution is 5.94. The first-order valence-corrected chi connectivity index (χ1v) is 7.66.